The molecule has 1 aromatic carbocycles. The Labute approximate surface area is 210 Å². The predicted molar refractivity (Wildman–Crippen MR) is 135 cm³/mol. The number of benzene rings is 1. The number of hydrogen-bond acceptors (Lipinski definition) is 9. The van der Waals surface area contributed by atoms with Crippen LogP contribution in [0, 0.1) is 5.82 Å². The first kappa shape index (κ1) is 23.5. The maximum absolute atomic E-state index is 15.0. The maximum Gasteiger partial charge on any atom is 0.218 e. The second kappa shape index (κ2) is 8.89. The zero-order valence-electron chi connectivity index (χ0n) is 19.4. The summed E-state index contributed by atoms with van der Waals surface area (Å²) in [5.41, 5.74) is 3.45. The van der Waals surface area contributed by atoms with Crippen LogP contribution in [0.25, 0.3) is 33.5 Å². The van der Waals surface area contributed by atoms with Crippen LogP contribution in [0.5, 0.6) is 5.88 Å². The van der Waals surface area contributed by atoms with Crippen LogP contribution in [-0.4, -0.2) is 74.4 Å². The number of aromatic nitrogens is 3. The first-order chi connectivity index (χ1) is 17.2. The van der Waals surface area contributed by atoms with Crippen LogP contribution in [-0.2, 0) is 19.2 Å². The lowest BCUT2D eigenvalue weighted by atomic mass is 10.1. The number of hydrogen-bond donors (Lipinski definition) is 2. The normalized spacial score (nSPS) is 23.8. The number of thiazole rings is 1. The van der Waals surface area contributed by atoms with Crippen LogP contribution in [0.2, 0.25) is 0 Å². The molecule has 2 aliphatic heterocycles. The van der Waals surface area contributed by atoms with Crippen molar-refractivity contribution >= 4 is 37.2 Å². The van der Waals surface area contributed by atoms with E-state index in [2.05, 4.69) is 19.3 Å². The summed E-state index contributed by atoms with van der Waals surface area (Å²) in [6, 6.07) is 10.4. The molecule has 0 saturated carbocycles. The van der Waals surface area contributed by atoms with Gasteiger partial charge in [-0.15, -0.1) is 11.3 Å². The van der Waals surface area contributed by atoms with Gasteiger partial charge in [0.15, 0.2) is 17.8 Å². The van der Waals surface area contributed by atoms with Crippen LogP contribution < -0.4 is 4.74 Å². The molecule has 0 amide bonds. The molecular weight excluding hydrogens is 507 g/mol. The van der Waals surface area contributed by atoms with E-state index in [9.17, 15) is 13.7 Å². The van der Waals surface area contributed by atoms with Gasteiger partial charge in [-0.05, 0) is 0 Å². The lowest BCUT2D eigenvalue weighted by molar-refractivity contribution is 0.00794. The Morgan fingerprint density at radius 2 is 1.89 bits per heavy atom. The van der Waals surface area contributed by atoms with Gasteiger partial charge >= 0.3 is 0 Å². The van der Waals surface area contributed by atoms with Crippen molar-refractivity contribution in [3.63, 3.8) is 0 Å². The van der Waals surface area contributed by atoms with Crippen molar-refractivity contribution in [3.05, 3.63) is 47.6 Å². The molecule has 0 bridgehead atoms. The lowest BCUT2D eigenvalue weighted by Crippen LogP contribution is -2.34. The third kappa shape index (κ3) is 4.50. The van der Waals surface area contributed by atoms with Gasteiger partial charge in [-0.25, -0.2) is 18.6 Å². The van der Waals surface area contributed by atoms with E-state index in [4.69, 9.17) is 14.2 Å². The highest BCUT2D eigenvalue weighted by Crippen LogP contribution is 2.33. The molecule has 4 atom stereocenters. The van der Waals surface area contributed by atoms with E-state index >= 15 is 0 Å². The molecule has 2 fully saturated rings. The van der Waals surface area contributed by atoms with Gasteiger partial charge in [0.05, 0.1) is 29.9 Å². The van der Waals surface area contributed by atoms with Crippen molar-refractivity contribution in [1.82, 2.24) is 15.0 Å². The molecule has 2 saturated heterocycles. The predicted octanol–water partition coefficient (Wildman–Crippen LogP) is 3.76. The molecule has 0 aliphatic carbocycles. The molecule has 2 N–H and O–H groups in total. The van der Waals surface area contributed by atoms with Crippen LogP contribution in [0.15, 0.2) is 46.1 Å². The monoisotopic (exact) mass is 530 g/mol. The van der Waals surface area contributed by atoms with Gasteiger partial charge in [0.2, 0.25) is 5.13 Å². The van der Waals surface area contributed by atoms with Gasteiger partial charge in [-0.3, -0.25) is 0 Å². The molecule has 9 nitrogen and oxygen atoms in total. The zero-order chi connectivity index (χ0) is 25.0. The molecule has 2 aliphatic rings. The summed E-state index contributed by atoms with van der Waals surface area (Å²) < 4.78 is 48.2. The minimum absolute atomic E-state index is 0.217. The number of rotatable bonds is 5. The number of aliphatic hydroxyl groups is 1. The molecule has 0 unspecified atom stereocenters. The number of halogens is 1. The van der Waals surface area contributed by atoms with Crippen LogP contribution >= 0.6 is 11.3 Å². The number of aromatic amines is 1. The van der Waals surface area contributed by atoms with E-state index < -0.39 is 27.8 Å². The summed E-state index contributed by atoms with van der Waals surface area (Å²) in [6.45, 7) is 0.514. The highest BCUT2D eigenvalue weighted by atomic mass is 32.2. The minimum atomic E-state index is -2.28. The summed E-state index contributed by atoms with van der Waals surface area (Å²) in [4.78, 5) is 12.0. The smallest absolute Gasteiger partial charge is 0.218 e. The first-order valence-electron chi connectivity index (χ1n) is 11.2. The second-order valence-corrected chi connectivity index (χ2v) is 12.5. The van der Waals surface area contributed by atoms with Crippen molar-refractivity contribution < 1.29 is 27.9 Å². The summed E-state index contributed by atoms with van der Waals surface area (Å²) in [7, 11) is -2.28. The summed E-state index contributed by atoms with van der Waals surface area (Å²) in [5, 5.41) is 12.2. The van der Waals surface area contributed by atoms with E-state index in [1.54, 1.807) is 30.7 Å². The molecule has 36 heavy (non-hydrogen) atoms. The van der Waals surface area contributed by atoms with Gasteiger partial charge in [0.1, 0.15) is 24.0 Å². The Kier molecular flexibility index (Phi) is 5.80. The minimum Gasteiger partial charge on any atom is -0.470 e. The fourth-order valence-electron chi connectivity index (χ4n) is 4.41. The van der Waals surface area contributed by atoms with Gasteiger partial charge in [-0.1, -0.05) is 24.3 Å². The third-order valence-electron chi connectivity index (χ3n) is 6.04. The molecule has 5 heterocycles. The number of ether oxygens (including phenoxy) is 3. The van der Waals surface area contributed by atoms with Crippen LogP contribution in [0.3, 0.4) is 0 Å². The van der Waals surface area contributed by atoms with E-state index in [0.29, 0.717) is 39.9 Å². The molecule has 3 aromatic heterocycles. The van der Waals surface area contributed by atoms with E-state index in [1.165, 1.54) is 17.4 Å². The highest BCUT2D eigenvalue weighted by Gasteiger charge is 2.48. The summed E-state index contributed by atoms with van der Waals surface area (Å²) in [5.74, 6) is -0.0398. The molecule has 4 aromatic rings. The van der Waals surface area contributed by atoms with Crippen LogP contribution in [0.4, 0.5) is 9.52 Å². The average molecular weight is 531 g/mol. The van der Waals surface area contributed by atoms with Gasteiger partial charge in [0.25, 0.3) is 0 Å². The summed E-state index contributed by atoms with van der Waals surface area (Å²) in [6.07, 6.45) is 1.35. The molecule has 6 rings (SSSR count). The Morgan fingerprint density at radius 3 is 2.67 bits per heavy atom. The molecular formula is C24H23FN4O5S2. The van der Waals surface area contributed by atoms with Crippen LogP contribution in [0.1, 0.15) is 0 Å². The zero-order valence-corrected chi connectivity index (χ0v) is 21.0. The standard InChI is InChI=1S/C24H23FN4O5S2/c1-36(2,31)29-24-28-17(11-35-24)12-3-5-13(6-4-12)21-14(25)7-15-16(27-21)8-20(26-15)34-19-10-33-22-18(30)9-32-23(19)22/h3-8,11,18-19,22-23,26,30H,9-10H2,1-2H3/t18-,19-,22-,23-/m1/s1. The van der Waals surface area contributed by atoms with Gasteiger partial charge < -0.3 is 24.3 Å². The Bertz CT molecular complexity index is 1550. The number of nitrogens with one attached hydrogen (secondary N) is 1. The van der Waals surface area contributed by atoms with Crippen molar-refractivity contribution in [2.45, 2.75) is 24.4 Å². The molecule has 188 valence electrons. The Balaban J connectivity index is 1.23. The number of H-pyrrole nitrogens is 1. The van der Waals surface area contributed by atoms with Crippen molar-refractivity contribution in [3.8, 4) is 28.4 Å². The largest absolute Gasteiger partial charge is 0.470 e. The summed E-state index contributed by atoms with van der Waals surface area (Å²) >= 11 is 1.32. The SMILES string of the molecule is CS(C)(=O)=Nc1nc(-c2ccc(-c3nc4cc(O[C@@H]5CO[C@H]6[C@@H]5OC[C@H]6O)[nH]c4cc3F)cc2)cs1. The van der Waals surface area contributed by atoms with E-state index in [1.807, 2.05) is 17.5 Å². The number of nitrogens with zero attached hydrogens (tertiary/aromatic N) is 3. The van der Waals surface area contributed by atoms with Gasteiger partial charge in [-0.2, -0.15) is 4.36 Å². The average Bonchev–Trinajstić information content (AvgIpc) is 3.60. The molecule has 12 heteroatoms. The first-order valence-corrected chi connectivity index (χ1v) is 14.5. The Morgan fingerprint density at radius 1 is 1.14 bits per heavy atom. The number of pyridine rings is 1. The fourth-order valence-corrected chi connectivity index (χ4v) is 6.09. The topological polar surface area (TPSA) is 119 Å². The highest BCUT2D eigenvalue weighted by molar-refractivity contribution is 7.92. The second-order valence-electron chi connectivity index (χ2n) is 9.07. The molecule has 0 radical (unpaired) electrons. The van der Waals surface area contributed by atoms with Crippen molar-refractivity contribution in [2.75, 3.05) is 25.7 Å². The lowest BCUT2D eigenvalue weighted by Gasteiger charge is -2.16. The number of aliphatic hydroxyl groups excluding tert-OH is 1. The maximum atomic E-state index is 15.0. The number of fused-ring (bicyclic) bond motifs is 2. The van der Waals surface area contributed by atoms with Crippen molar-refractivity contribution in [2.24, 2.45) is 4.36 Å². The third-order valence-corrected chi connectivity index (χ3v) is 7.50. The quantitative estimate of drug-likeness (QED) is 0.403. The van der Waals surface area contributed by atoms with Crippen molar-refractivity contribution in [1.29, 1.82) is 0 Å². The van der Waals surface area contributed by atoms with Gasteiger partial charge in [0, 0.05) is 50.9 Å². The molecule has 0 spiro atoms. The van der Waals surface area contributed by atoms with E-state index in [0.717, 1.165) is 5.56 Å². The van der Waals surface area contributed by atoms with E-state index in [-0.39, 0.29) is 24.5 Å². The Hall–Kier alpha value is -2.90. The fraction of sp³-hybridized carbons (Fsp3) is 0.333.